The number of halogens is 1. The zero-order valence-corrected chi connectivity index (χ0v) is 12.2. The van der Waals surface area contributed by atoms with Gasteiger partial charge in [-0.15, -0.1) is 0 Å². The molecule has 0 saturated carbocycles. The van der Waals surface area contributed by atoms with Crippen molar-refractivity contribution in [3.63, 3.8) is 0 Å². The molecule has 0 saturated heterocycles. The third kappa shape index (κ3) is 3.63. The lowest BCUT2D eigenvalue weighted by Gasteiger charge is -2.11. The Morgan fingerprint density at radius 3 is 2.81 bits per heavy atom. The molecule has 0 aliphatic carbocycles. The Balaban J connectivity index is 2.17. The Labute approximate surface area is 121 Å². The summed E-state index contributed by atoms with van der Waals surface area (Å²) >= 11 is 0. The zero-order valence-electron chi connectivity index (χ0n) is 11.3. The maximum Gasteiger partial charge on any atom is 0.240 e. The van der Waals surface area contributed by atoms with Crippen LogP contribution in [0.4, 0.5) is 4.39 Å². The number of benzene rings is 1. The van der Waals surface area contributed by atoms with Gasteiger partial charge in [0, 0.05) is 25.1 Å². The van der Waals surface area contributed by atoms with E-state index in [-0.39, 0.29) is 30.0 Å². The molecule has 1 aromatic heterocycles. The van der Waals surface area contributed by atoms with Gasteiger partial charge in [0.15, 0.2) is 6.33 Å². The van der Waals surface area contributed by atoms with Gasteiger partial charge in [0.05, 0.1) is 4.90 Å². The molecule has 1 heterocycles. The van der Waals surface area contributed by atoms with E-state index in [1.807, 2.05) is 0 Å². The quantitative estimate of drug-likeness (QED) is 0.803. The van der Waals surface area contributed by atoms with E-state index in [0.717, 1.165) is 0 Å². The molecular weight excluding hydrogens is 299 g/mol. The first-order valence-electron chi connectivity index (χ1n) is 6.18. The number of sulfonamides is 1. The fourth-order valence-electron chi connectivity index (χ4n) is 1.78. The van der Waals surface area contributed by atoms with Crippen molar-refractivity contribution in [1.82, 2.24) is 14.9 Å². The molecule has 1 aromatic carbocycles. The molecule has 7 nitrogen and oxygen atoms in total. The molecule has 0 amide bonds. The molecule has 21 heavy (non-hydrogen) atoms. The van der Waals surface area contributed by atoms with E-state index in [1.165, 1.54) is 25.4 Å². The summed E-state index contributed by atoms with van der Waals surface area (Å²) in [7, 11) is -3.83. The van der Waals surface area contributed by atoms with Crippen LogP contribution in [0.3, 0.4) is 0 Å². The molecule has 0 unspecified atom stereocenters. The summed E-state index contributed by atoms with van der Waals surface area (Å²) in [4.78, 5) is 3.66. The molecule has 0 fully saturated rings. The largest absolute Gasteiger partial charge is 0.340 e. The van der Waals surface area contributed by atoms with Crippen molar-refractivity contribution >= 4 is 10.0 Å². The Morgan fingerprint density at radius 2 is 2.19 bits per heavy atom. The van der Waals surface area contributed by atoms with Crippen LogP contribution in [0, 0.1) is 12.7 Å². The van der Waals surface area contributed by atoms with Crippen LogP contribution in [0.1, 0.15) is 17.0 Å². The van der Waals surface area contributed by atoms with Crippen LogP contribution in [0.2, 0.25) is 0 Å². The van der Waals surface area contributed by atoms with Gasteiger partial charge in [-0.05, 0) is 24.6 Å². The van der Waals surface area contributed by atoms with Gasteiger partial charge < -0.3 is 10.3 Å². The second-order valence-electron chi connectivity index (χ2n) is 4.39. The molecule has 0 bridgehead atoms. The number of rotatable bonds is 6. The van der Waals surface area contributed by atoms with E-state index in [2.05, 4.69) is 14.9 Å². The molecule has 0 radical (unpaired) electrons. The van der Waals surface area contributed by atoms with Gasteiger partial charge in [-0.25, -0.2) is 17.5 Å². The van der Waals surface area contributed by atoms with E-state index in [9.17, 15) is 12.8 Å². The van der Waals surface area contributed by atoms with Crippen LogP contribution in [0.15, 0.2) is 27.9 Å². The van der Waals surface area contributed by atoms with Gasteiger partial charge in [-0.2, -0.15) is 4.98 Å². The maximum absolute atomic E-state index is 13.7. The molecular formula is C12H15FN4O3S. The number of hydrogen-bond donors (Lipinski definition) is 2. The molecule has 3 N–H and O–H groups in total. The molecule has 2 rings (SSSR count). The molecule has 114 valence electrons. The summed E-state index contributed by atoms with van der Waals surface area (Å²) in [6.07, 6.45) is 1.48. The van der Waals surface area contributed by atoms with E-state index in [0.29, 0.717) is 11.5 Å². The summed E-state index contributed by atoms with van der Waals surface area (Å²) < 4.78 is 45.3. The molecule has 0 spiro atoms. The third-order valence-corrected chi connectivity index (χ3v) is 4.51. The number of aromatic nitrogens is 2. The molecule has 0 aliphatic heterocycles. The number of hydrogen-bond acceptors (Lipinski definition) is 6. The van der Waals surface area contributed by atoms with E-state index in [1.54, 1.807) is 0 Å². The topological polar surface area (TPSA) is 111 Å². The Kier molecular flexibility index (Phi) is 4.66. The highest BCUT2D eigenvalue weighted by atomic mass is 32.2. The highest BCUT2D eigenvalue weighted by Gasteiger charge is 2.20. The highest BCUT2D eigenvalue weighted by Crippen LogP contribution is 2.20. The maximum atomic E-state index is 13.7. The minimum absolute atomic E-state index is 0.0532. The van der Waals surface area contributed by atoms with Crippen LogP contribution >= 0.6 is 0 Å². The number of nitrogens with one attached hydrogen (secondary N) is 1. The Morgan fingerprint density at radius 1 is 1.43 bits per heavy atom. The van der Waals surface area contributed by atoms with Crippen molar-refractivity contribution in [3.05, 3.63) is 41.3 Å². The first-order chi connectivity index (χ1) is 9.94. The number of nitrogens with zero attached hydrogens (tertiary/aromatic N) is 2. The zero-order chi connectivity index (χ0) is 15.5. The Hall–Kier alpha value is -1.84. The minimum Gasteiger partial charge on any atom is -0.340 e. The van der Waals surface area contributed by atoms with Gasteiger partial charge in [0.2, 0.25) is 15.9 Å². The van der Waals surface area contributed by atoms with Crippen molar-refractivity contribution in [2.24, 2.45) is 5.73 Å². The molecule has 0 atom stereocenters. The first-order valence-corrected chi connectivity index (χ1v) is 7.66. The van der Waals surface area contributed by atoms with Gasteiger partial charge in [0.25, 0.3) is 0 Å². The molecule has 9 heteroatoms. The van der Waals surface area contributed by atoms with E-state index < -0.39 is 15.8 Å². The van der Waals surface area contributed by atoms with E-state index in [4.69, 9.17) is 10.3 Å². The molecule has 2 aromatic rings. The minimum atomic E-state index is -3.83. The predicted octanol–water partition coefficient (Wildman–Crippen LogP) is 0.497. The van der Waals surface area contributed by atoms with E-state index >= 15 is 0 Å². The van der Waals surface area contributed by atoms with Crippen LogP contribution in [0.25, 0.3) is 0 Å². The van der Waals surface area contributed by atoms with Crippen LogP contribution in [0.5, 0.6) is 0 Å². The second kappa shape index (κ2) is 6.29. The van der Waals surface area contributed by atoms with Crippen molar-refractivity contribution in [2.45, 2.75) is 24.8 Å². The monoisotopic (exact) mass is 314 g/mol. The smallest absolute Gasteiger partial charge is 0.240 e. The lowest BCUT2D eigenvalue weighted by atomic mass is 10.1. The van der Waals surface area contributed by atoms with Gasteiger partial charge in [-0.3, -0.25) is 0 Å². The van der Waals surface area contributed by atoms with Crippen molar-refractivity contribution in [1.29, 1.82) is 0 Å². The lowest BCUT2D eigenvalue weighted by Crippen LogP contribution is -2.27. The SMILES string of the molecule is Cc1c(F)cc(CN)cc1S(=O)(=O)NCCc1ncno1. The predicted molar refractivity (Wildman–Crippen MR) is 72.2 cm³/mol. The normalized spacial score (nSPS) is 11.8. The summed E-state index contributed by atoms with van der Waals surface area (Å²) in [6.45, 7) is 1.53. The fourth-order valence-corrected chi connectivity index (χ4v) is 3.11. The second-order valence-corrected chi connectivity index (χ2v) is 6.12. The number of nitrogens with two attached hydrogens (primary N) is 1. The van der Waals surface area contributed by atoms with Crippen molar-refractivity contribution < 1.29 is 17.3 Å². The molecule has 0 aliphatic rings. The summed E-state index contributed by atoms with van der Waals surface area (Å²) in [5.74, 6) is -0.286. The van der Waals surface area contributed by atoms with Crippen LogP contribution in [-0.4, -0.2) is 25.1 Å². The van der Waals surface area contributed by atoms with Crippen molar-refractivity contribution in [3.8, 4) is 0 Å². The van der Waals surface area contributed by atoms with Gasteiger partial charge in [0.1, 0.15) is 5.82 Å². The lowest BCUT2D eigenvalue weighted by molar-refractivity contribution is 0.377. The average Bonchev–Trinajstić information content (AvgIpc) is 2.94. The van der Waals surface area contributed by atoms with Crippen LogP contribution in [-0.2, 0) is 23.0 Å². The standard InChI is InChI=1S/C12H15FN4O3S/c1-8-10(13)4-9(6-14)5-11(8)21(18,19)17-3-2-12-15-7-16-20-12/h4-5,7,17H,2-3,6,14H2,1H3. The van der Waals surface area contributed by atoms with Gasteiger partial charge >= 0.3 is 0 Å². The summed E-state index contributed by atoms with van der Waals surface area (Å²) in [6, 6.07) is 2.60. The average molecular weight is 314 g/mol. The fraction of sp³-hybridized carbons (Fsp3) is 0.333. The summed E-state index contributed by atoms with van der Waals surface area (Å²) in [5.41, 5.74) is 5.90. The highest BCUT2D eigenvalue weighted by molar-refractivity contribution is 7.89. The van der Waals surface area contributed by atoms with Gasteiger partial charge in [-0.1, -0.05) is 5.16 Å². The first kappa shape index (κ1) is 15.5. The Bertz CT molecular complexity index is 716. The third-order valence-electron chi connectivity index (χ3n) is 2.92. The van der Waals surface area contributed by atoms with Crippen LogP contribution < -0.4 is 10.5 Å². The summed E-state index contributed by atoms with van der Waals surface area (Å²) in [5, 5.41) is 3.42. The van der Waals surface area contributed by atoms with Crippen molar-refractivity contribution in [2.75, 3.05) is 6.54 Å².